The lowest BCUT2D eigenvalue weighted by atomic mass is 10.0. The third-order valence-electron chi connectivity index (χ3n) is 4.35. The average molecular weight is 323 g/mol. The van der Waals surface area contributed by atoms with Crippen LogP contribution < -0.4 is 10.6 Å². The van der Waals surface area contributed by atoms with E-state index in [1.54, 1.807) is 0 Å². The smallest absolute Gasteiger partial charge is 0.0599 e. The highest BCUT2D eigenvalue weighted by molar-refractivity contribution is 5.67. The van der Waals surface area contributed by atoms with Gasteiger partial charge in [0.2, 0.25) is 0 Å². The molecule has 1 fully saturated rings. The summed E-state index contributed by atoms with van der Waals surface area (Å²) in [5.41, 5.74) is 8.18. The molecule has 0 aliphatic carbocycles. The van der Waals surface area contributed by atoms with E-state index in [1.807, 2.05) is 26.0 Å². The van der Waals surface area contributed by atoms with Gasteiger partial charge < -0.3 is 21.6 Å². The molecule has 2 aliphatic heterocycles. The number of anilines is 2. The monoisotopic (exact) mass is 323 g/mol. The predicted octanol–water partition coefficient (Wildman–Crippen LogP) is 1.88. The average Bonchev–Trinajstić information content (AvgIpc) is 2.58. The molecule has 0 unspecified atom stereocenters. The van der Waals surface area contributed by atoms with Crippen molar-refractivity contribution in [2.45, 2.75) is 39.2 Å². The van der Waals surface area contributed by atoms with Crippen molar-refractivity contribution in [1.82, 2.24) is 4.90 Å². The first-order valence-corrected chi connectivity index (χ1v) is 8.33. The summed E-state index contributed by atoms with van der Waals surface area (Å²) in [6.45, 7) is 8.62. The van der Waals surface area contributed by atoms with Crippen molar-refractivity contribution in [1.29, 1.82) is 0 Å². The van der Waals surface area contributed by atoms with Gasteiger partial charge in [0.05, 0.1) is 11.4 Å². The van der Waals surface area contributed by atoms with Crippen LogP contribution in [0.15, 0.2) is 36.4 Å². The Balaban J connectivity index is 0.00000117. The Kier molecular flexibility index (Phi) is 10.3. The maximum Gasteiger partial charge on any atom is 0.0599 e. The van der Waals surface area contributed by atoms with Crippen LogP contribution in [0.5, 0.6) is 0 Å². The molecule has 3 rings (SSSR count). The number of benzene rings is 1. The van der Waals surface area contributed by atoms with Gasteiger partial charge >= 0.3 is 0 Å². The highest BCUT2D eigenvalue weighted by atomic mass is 16.0. The SMILES string of the molecule is CC.Nc1ccccc1N1CCC(N2CC=CCC2)CC1.O.O. The fourth-order valence-corrected chi connectivity index (χ4v) is 3.24. The number of hydrogen-bond acceptors (Lipinski definition) is 3. The van der Waals surface area contributed by atoms with Gasteiger partial charge in [0.1, 0.15) is 0 Å². The zero-order chi connectivity index (χ0) is 15.1. The molecular weight excluding hydrogens is 290 g/mol. The Morgan fingerprint density at radius 2 is 1.61 bits per heavy atom. The van der Waals surface area contributed by atoms with Crippen molar-refractivity contribution < 1.29 is 11.0 Å². The molecule has 5 heteroatoms. The number of para-hydroxylation sites is 2. The second kappa shape index (κ2) is 11.0. The normalized spacial score (nSPS) is 18.3. The lowest BCUT2D eigenvalue weighted by Gasteiger charge is -2.40. The third kappa shape index (κ3) is 5.53. The van der Waals surface area contributed by atoms with Gasteiger partial charge in [-0.25, -0.2) is 0 Å². The molecule has 0 amide bonds. The van der Waals surface area contributed by atoms with Gasteiger partial charge in [0.15, 0.2) is 0 Å². The van der Waals surface area contributed by atoms with E-state index in [-0.39, 0.29) is 11.0 Å². The highest BCUT2D eigenvalue weighted by Gasteiger charge is 2.25. The van der Waals surface area contributed by atoms with Crippen LogP contribution in [-0.4, -0.2) is 48.1 Å². The summed E-state index contributed by atoms with van der Waals surface area (Å²) in [5, 5.41) is 0. The zero-order valence-electron chi connectivity index (χ0n) is 14.5. The first kappa shape index (κ1) is 21.4. The molecule has 0 radical (unpaired) electrons. The van der Waals surface area contributed by atoms with Crippen LogP contribution >= 0.6 is 0 Å². The van der Waals surface area contributed by atoms with Crippen LogP contribution in [0.3, 0.4) is 0 Å². The molecule has 132 valence electrons. The van der Waals surface area contributed by atoms with Crippen LogP contribution in [0, 0.1) is 0 Å². The van der Waals surface area contributed by atoms with Crippen molar-refractivity contribution >= 4 is 11.4 Å². The Hall–Kier alpha value is -1.56. The molecule has 2 aliphatic rings. The summed E-state index contributed by atoms with van der Waals surface area (Å²) in [7, 11) is 0. The Bertz CT molecular complexity index is 457. The Morgan fingerprint density at radius 1 is 0.957 bits per heavy atom. The molecule has 0 saturated carbocycles. The van der Waals surface area contributed by atoms with Crippen molar-refractivity contribution in [3.05, 3.63) is 36.4 Å². The van der Waals surface area contributed by atoms with E-state index in [0.717, 1.165) is 31.4 Å². The molecule has 6 N–H and O–H groups in total. The van der Waals surface area contributed by atoms with Crippen LogP contribution in [0.4, 0.5) is 11.4 Å². The van der Waals surface area contributed by atoms with Crippen molar-refractivity contribution in [3.63, 3.8) is 0 Å². The van der Waals surface area contributed by atoms with E-state index in [2.05, 4.69) is 34.1 Å². The standard InChI is InChI=1S/C16H23N3.C2H6.2H2O/c17-15-6-2-3-7-16(15)19-12-8-14(9-13-19)18-10-4-1-5-11-18;1-2;;/h1-4,6-7,14H,5,8-13,17H2;1-2H3;2*1H2. The van der Waals surface area contributed by atoms with Gasteiger partial charge in [-0.1, -0.05) is 38.1 Å². The third-order valence-corrected chi connectivity index (χ3v) is 4.35. The van der Waals surface area contributed by atoms with Crippen molar-refractivity contribution in [2.24, 2.45) is 0 Å². The van der Waals surface area contributed by atoms with Gasteiger partial charge in [-0.05, 0) is 31.4 Å². The molecule has 0 atom stereocenters. The number of rotatable bonds is 2. The maximum absolute atomic E-state index is 6.07. The van der Waals surface area contributed by atoms with E-state index in [9.17, 15) is 0 Å². The number of nitrogen functional groups attached to an aromatic ring is 1. The Morgan fingerprint density at radius 3 is 2.17 bits per heavy atom. The number of piperidine rings is 1. The summed E-state index contributed by atoms with van der Waals surface area (Å²) in [4.78, 5) is 5.07. The fourth-order valence-electron chi connectivity index (χ4n) is 3.24. The van der Waals surface area contributed by atoms with Crippen LogP contribution in [0.1, 0.15) is 33.1 Å². The number of nitrogens with zero attached hydrogens (tertiary/aromatic N) is 2. The molecule has 1 saturated heterocycles. The van der Waals surface area contributed by atoms with Gasteiger partial charge in [0.25, 0.3) is 0 Å². The van der Waals surface area contributed by atoms with E-state index in [0.29, 0.717) is 0 Å². The fraction of sp³-hybridized carbons (Fsp3) is 0.556. The molecule has 1 aromatic carbocycles. The Labute approximate surface area is 140 Å². The molecule has 0 bridgehead atoms. The second-order valence-corrected chi connectivity index (χ2v) is 5.53. The highest BCUT2D eigenvalue weighted by Crippen LogP contribution is 2.27. The van der Waals surface area contributed by atoms with Gasteiger partial charge in [0, 0.05) is 32.2 Å². The van der Waals surface area contributed by atoms with Crippen LogP contribution in [-0.2, 0) is 0 Å². The van der Waals surface area contributed by atoms with Gasteiger partial charge in [-0.3, -0.25) is 4.90 Å². The van der Waals surface area contributed by atoms with E-state index < -0.39 is 0 Å². The predicted molar refractivity (Wildman–Crippen MR) is 100.0 cm³/mol. The zero-order valence-corrected chi connectivity index (χ0v) is 14.5. The molecule has 0 aromatic heterocycles. The minimum atomic E-state index is 0. The van der Waals surface area contributed by atoms with Crippen molar-refractivity contribution in [2.75, 3.05) is 36.8 Å². The second-order valence-electron chi connectivity index (χ2n) is 5.53. The van der Waals surface area contributed by atoms with Crippen LogP contribution in [0.25, 0.3) is 0 Å². The molecule has 2 heterocycles. The molecular formula is C18H33N3O2. The number of hydrogen-bond donors (Lipinski definition) is 1. The largest absolute Gasteiger partial charge is 0.412 e. The number of nitrogens with two attached hydrogens (primary N) is 1. The van der Waals surface area contributed by atoms with E-state index in [4.69, 9.17) is 5.73 Å². The molecule has 1 aromatic rings. The van der Waals surface area contributed by atoms with Gasteiger partial charge in [-0.2, -0.15) is 0 Å². The quantitative estimate of drug-likeness (QED) is 0.665. The van der Waals surface area contributed by atoms with E-state index >= 15 is 0 Å². The first-order valence-electron chi connectivity index (χ1n) is 8.33. The van der Waals surface area contributed by atoms with Gasteiger partial charge in [-0.15, -0.1) is 0 Å². The summed E-state index contributed by atoms with van der Waals surface area (Å²) in [6, 6.07) is 8.97. The maximum atomic E-state index is 6.07. The summed E-state index contributed by atoms with van der Waals surface area (Å²) >= 11 is 0. The molecule has 0 spiro atoms. The lowest BCUT2D eigenvalue weighted by Crippen LogP contribution is -2.46. The van der Waals surface area contributed by atoms with Crippen LogP contribution in [0.2, 0.25) is 0 Å². The summed E-state index contributed by atoms with van der Waals surface area (Å²) < 4.78 is 0. The van der Waals surface area contributed by atoms with E-state index in [1.165, 1.54) is 31.5 Å². The minimum absolute atomic E-state index is 0. The topological polar surface area (TPSA) is 95.5 Å². The molecule has 23 heavy (non-hydrogen) atoms. The minimum Gasteiger partial charge on any atom is -0.412 e. The van der Waals surface area contributed by atoms with Crippen molar-refractivity contribution in [3.8, 4) is 0 Å². The summed E-state index contributed by atoms with van der Waals surface area (Å²) in [5.74, 6) is 0. The summed E-state index contributed by atoms with van der Waals surface area (Å²) in [6.07, 6.45) is 8.33. The lowest BCUT2D eigenvalue weighted by molar-refractivity contribution is 0.184. The first-order chi connectivity index (χ1) is 10.3. The molecule has 5 nitrogen and oxygen atoms in total.